The number of guanidine groups is 1. The van der Waals surface area contributed by atoms with Crippen LogP contribution >= 0.6 is 0 Å². The number of ether oxygens (including phenoxy) is 2. The van der Waals surface area contributed by atoms with E-state index >= 15 is 0 Å². The van der Waals surface area contributed by atoms with Crippen molar-refractivity contribution in [2.45, 2.75) is 111 Å². The number of benzene rings is 1. The fourth-order valence-electron chi connectivity index (χ4n) is 5.11. The van der Waals surface area contributed by atoms with Gasteiger partial charge in [0.15, 0.2) is 5.96 Å². The lowest BCUT2D eigenvalue weighted by atomic mass is 9.93. The van der Waals surface area contributed by atoms with E-state index in [4.69, 9.17) is 15.2 Å². The molecule has 0 bridgehead atoms. The molecule has 1 aromatic rings. The maximum Gasteiger partial charge on any atom is 0.325 e. The highest BCUT2D eigenvalue weighted by atomic mass is 16.5. The number of unbranched alkanes of at least 4 members (excludes halogenated alkanes) is 3. The van der Waals surface area contributed by atoms with Gasteiger partial charge in [-0.3, -0.25) is 9.59 Å². The molecule has 8 heteroatoms. The Bertz CT molecular complexity index is 966. The Balaban J connectivity index is 1.39. The van der Waals surface area contributed by atoms with Crippen molar-refractivity contribution in [3.05, 3.63) is 23.8 Å². The van der Waals surface area contributed by atoms with Gasteiger partial charge in [-0.15, -0.1) is 0 Å². The molecule has 0 saturated heterocycles. The number of rotatable bonds is 14. The molecule has 1 fully saturated rings. The second kappa shape index (κ2) is 15.1. The van der Waals surface area contributed by atoms with Crippen LogP contribution in [0.5, 0.6) is 5.75 Å². The third-order valence-corrected chi connectivity index (χ3v) is 7.36. The van der Waals surface area contributed by atoms with Gasteiger partial charge >= 0.3 is 5.97 Å². The first-order valence-electron chi connectivity index (χ1n) is 15.0. The summed E-state index contributed by atoms with van der Waals surface area (Å²) in [5, 5.41) is 0. The Morgan fingerprint density at radius 3 is 2.59 bits per heavy atom. The van der Waals surface area contributed by atoms with Crippen molar-refractivity contribution >= 4 is 23.5 Å². The average Bonchev–Trinajstić information content (AvgIpc) is 2.90. The zero-order valence-corrected chi connectivity index (χ0v) is 24.7. The van der Waals surface area contributed by atoms with E-state index in [2.05, 4.69) is 16.8 Å². The average molecular weight is 543 g/mol. The standard InChI is InChI=1S/C31H50N4O4/c1-5-6-18-35(25-13-9-7-10-14-25)28(36)15-11-8-12-19-38-26-17-16-24-21-34(30(32)33-27(24)20-26)22-29(37)39-23-31(2,3)4/h16-17,20,25H,5-15,18-19,21-23H2,1-4H3,(H2,32,33). The van der Waals surface area contributed by atoms with Gasteiger partial charge in [-0.25, -0.2) is 4.99 Å². The Hall–Kier alpha value is -2.77. The summed E-state index contributed by atoms with van der Waals surface area (Å²) >= 11 is 0. The molecule has 1 amide bonds. The maximum absolute atomic E-state index is 13.0. The molecule has 1 saturated carbocycles. The summed E-state index contributed by atoms with van der Waals surface area (Å²) in [6.45, 7) is 10.7. The number of nitrogens with two attached hydrogens (primary N) is 1. The highest BCUT2D eigenvalue weighted by molar-refractivity contribution is 5.87. The molecule has 2 N–H and O–H groups in total. The molecule has 218 valence electrons. The molecule has 0 spiro atoms. The molecule has 0 radical (unpaired) electrons. The summed E-state index contributed by atoms with van der Waals surface area (Å²) in [5.74, 6) is 1.08. The number of hydrogen-bond acceptors (Lipinski definition) is 7. The summed E-state index contributed by atoms with van der Waals surface area (Å²) in [6.07, 6.45) is 11.8. The van der Waals surface area contributed by atoms with Crippen LogP contribution in [0.25, 0.3) is 0 Å². The molecule has 0 atom stereocenters. The van der Waals surface area contributed by atoms with Gasteiger partial charge in [-0.05, 0) is 55.6 Å². The van der Waals surface area contributed by atoms with Crippen LogP contribution in [-0.2, 0) is 20.9 Å². The largest absolute Gasteiger partial charge is 0.494 e. The normalized spacial score (nSPS) is 15.9. The molecule has 8 nitrogen and oxygen atoms in total. The summed E-state index contributed by atoms with van der Waals surface area (Å²) in [6, 6.07) is 6.27. The summed E-state index contributed by atoms with van der Waals surface area (Å²) in [5.41, 5.74) is 7.82. The molecule has 39 heavy (non-hydrogen) atoms. The van der Waals surface area contributed by atoms with E-state index in [-0.39, 0.29) is 17.9 Å². The monoisotopic (exact) mass is 542 g/mol. The smallest absolute Gasteiger partial charge is 0.325 e. The molecule has 1 heterocycles. The van der Waals surface area contributed by atoms with Crippen LogP contribution in [0.2, 0.25) is 0 Å². The van der Waals surface area contributed by atoms with Crippen LogP contribution in [0, 0.1) is 5.41 Å². The minimum Gasteiger partial charge on any atom is -0.494 e. The molecule has 0 unspecified atom stereocenters. The minimum absolute atomic E-state index is 0.0721. The Labute approximate surface area is 235 Å². The van der Waals surface area contributed by atoms with E-state index < -0.39 is 0 Å². The predicted molar refractivity (Wildman–Crippen MR) is 156 cm³/mol. The van der Waals surface area contributed by atoms with E-state index in [1.165, 1.54) is 32.1 Å². The van der Waals surface area contributed by atoms with Crippen molar-refractivity contribution in [2.24, 2.45) is 16.1 Å². The Morgan fingerprint density at radius 1 is 1.10 bits per heavy atom. The van der Waals surface area contributed by atoms with E-state index in [1.807, 2.05) is 39.0 Å². The maximum atomic E-state index is 13.0. The highest BCUT2D eigenvalue weighted by Gasteiger charge is 2.25. The quantitative estimate of drug-likeness (QED) is 0.231. The van der Waals surface area contributed by atoms with Crippen LogP contribution < -0.4 is 10.5 Å². The zero-order chi connectivity index (χ0) is 28.3. The molecular formula is C31H50N4O4. The lowest BCUT2D eigenvalue weighted by Crippen LogP contribution is -2.42. The van der Waals surface area contributed by atoms with Gasteiger partial charge in [0.05, 0.1) is 18.9 Å². The summed E-state index contributed by atoms with van der Waals surface area (Å²) < 4.78 is 11.3. The topological polar surface area (TPSA) is 97.5 Å². The van der Waals surface area contributed by atoms with Crippen LogP contribution in [0.4, 0.5) is 5.69 Å². The summed E-state index contributed by atoms with van der Waals surface area (Å²) in [7, 11) is 0. The first-order valence-corrected chi connectivity index (χ1v) is 15.0. The predicted octanol–water partition coefficient (Wildman–Crippen LogP) is 5.94. The van der Waals surface area contributed by atoms with Gasteiger partial charge in [0.25, 0.3) is 0 Å². The zero-order valence-electron chi connectivity index (χ0n) is 24.7. The van der Waals surface area contributed by atoms with Gasteiger partial charge in [0.2, 0.25) is 5.91 Å². The number of aliphatic imine (C=N–C) groups is 1. The number of nitrogens with zero attached hydrogens (tertiary/aromatic N) is 3. The van der Waals surface area contributed by atoms with Gasteiger partial charge < -0.3 is 25.0 Å². The number of esters is 1. The Kier molecular flexibility index (Phi) is 11.9. The number of amides is 1. The van der Waals surface area contributed by atoms with E-state index in [0.717, 1.165) is 55.6 Å². The highest BCUT2D eigenvalue weighted by Crippen LogP contribution is 2.30. The van der Waals surface area contributed by atoms with E-state index in [9.17, 15) is 9.59 Å². The van der Waals surface area contributed by atoms with Crippen molar-refractivity contribution in [2.75, 3.05) is 26.3 Å². The lowest BCUT2D eigenvalue weighted by Gasteiger charge is -2.34. The van der Waals surface area contributed by atoms with Crippen molar-refractivity contribution in [1.29, 1.82) is 0 Å². The van der Waals surface area contributed by atoms with Crippen molar-refractivity contribution in [1.82, 2.24) is 9.80 Å². The third-order valence-electron chi connectivity index (χ3n) is 7.36. The van der Waals surface area contributed by atoms with Crippen molar-refractivity contribution in [3.8, 4) is 5.75 Å². The Morgan fingerprint density at radius 2 is 1.87 bits per heavy atom. The van der Waals surface area contributed by atoms with Crippen LogP contribution in [-0.4, -0.2) is 60.0 Å². The first kappa shape index (κ1) is 30.8. The number of fused-ring (bicyclic) bond motifs is 1. The molecule has 2 aliphatic rings. The van der Waals surface area contributed by atoms with Crippen LogP contribution in [0.15, 0.2) is 23.2 Å². The minimum atomic E-state index is -0.309. The number of carbonyl (C=O) groups excluding carboxylic acids is 2. The molecule has 0 aromatic heterocycles. The second-order valence-corrected chi connectivity index (χ2v) is 12.2. The summed E-state index contributed by atoms with van der Waals surface area (Å²) in [4.78, 5) is 33.6. The lowest BCUT2D eigenvalue weighted by molar-refractivity contribution is -0.146. The molecule has 3 rings (SSSR count). The van der Waals surface area contributed by atoms with E-state index in [1.54, 1.807) is 4.90 Å². The molecule has 1 aromatic carbocycles. The third kappa shape index (κ3) is 10.4. The van der Waals surface area contributed by atoms with Gasteiger partial charge in [0, 0.05) is 31.6 Å². The molecular weight excluding hydrogens is 492 g/mol. The fourth-order valence-corrected chi connectivity index (χ4v) is 5.11. The second-order valence-electron chi connectivity index (χ2n) is 12.2. The van der Waals surface area contributed by atoms with Gasteiger partial charge in [0.1, 0.15) is 12.3 Å². The van der Waals surface area contributed by atoms with Crippen LogP contribution in [0.3, 0.4) is 0 Å². The first-order chi connectivity index (χ1) is 18.7. The molecule has 1 aliphatic heterocycles. The SMILES string of the molecule is CCCCN(C(=O)CCCCCOc1ccc2c(c1)N=C(N)N(CC(=O)OCC(C)(C)C)C2)C1CCCCC1. The fraction of sp³-hybridized carbons (Fsp3) is 0.710. The molecule has 1 aliphatic carbocycles. The van der Waals surface area contributed by atoms with Crippen molar-refractivity contribution in [3.63, 3.8) is 0 Å². The number of hydrogen-bond donors (Lipinski definition) is 1. The van der Waals surface area contributed by atoms with Gasteiger partial charge in [-0.1, -0.05) is 59.4 Å². The van der Waals surface area contributed by atoms with Crippen LogP contribution in [0.1, 0.15) is 104 Å². The van der Waals surface area contributed by atoms with Crippen molar-refractivity contribution < 1.29 is 19.1 Å². The van der Waals surface area contributed by atoms with Gasteiger partial charge in [-0.2, -0.15) is 0 Å². The van der Waals surface area contributed by atoms with E-state index in [0.29, 0.717) is 44.1 Å². The number of carbonyl (C=O) groups is 2.